The number of carbonyl (C=O) groups is 2. The zero-order valence-electron chi connectivity index (χ0n) is 18.1. The molecule has 1 atom stereocenters. The lowest BCUT2D eigenvalue weighted by molar-refractivity contribution is -0.155. The number of esters is 1. The lowest BCUT2D eigenvalue weighted by atomic mass is 10.2. The molecule has 1 aliphatic heterocycles. The second-order valence-electron chi connectivity index (χ2n) is 7.51. The van der Waals surface area contributed by atoms with E-state index in [0.29, 0.717) is 30.2 Å². The summed E-state index contributed by atoms with van der Waals surface area (Å²) >= 11 is 0. The molecule has 1 amide bonds. The van der Waals surface area contributed by atoms with Gasteiger partial charge in [-0.3, -0.25) is 4.79 Å². The molecule has 9 heteroatoms. The van der Waals surface area contributed by atoms with E-state index in [1.165, 1.54) is 19.1 Å². The molecular weight excluding hydrogens is 428 g/mol. The Balaban J connectivity index is 1.26. The highest BCUT2D eigenvalue weighted by atomic mass is 16.6. The van der Waals surface area contributed by atoms with Crippen molar-refractivity contribution in [1.29, 1.82) is 0 Å². The van der Waals surface area contributed by atoms with Crippen LogP contribution in [-0.4, -0.2) is 50.9 Å². The third-order valence-corrected chi connectivity index (χ3v) is 5.14. The van der Waals surface area contributed by atoms with Crippen molar-refractivity contribution in [2.45, 2.75) is 13.0 Å². The Morgan fingerprint density at radius 3 is 2.55 bits per heavy atom. The number of hydrogen-bond acceptors (Lipinski definition) is 8. The Morgan fingerprint density at radius 1 is 1.06 bits per heavy atom. The van der Waals surface area contributed by atoms with Crippen molar-refractivity contribution in [3.8, 4) is 5.75 Å². The van der Waals surface area contributed by atoms with Crippen LogP contribution in [0.1, 0.15) is 6.92 Å². The fraction of sp³-hybridized carbons (Fsp3) is 0.292. The van der Waals surface area contributed by atoms with Crippen LogP contribution >= 0.6 is 0 Å². The number of nitrogens with one attached hydrogen (secondary N) is 1. The first-order valence-corrected chi connectivity index (χ1v) is 10.6. The zero-order chi connectivity index (χ0) is 23.2. The van der Waals surface area contributed by atoms with Crippen LogP contribution in [0.2, 0.25) is 0 Å². The molecular formula is C24H24N2O7. The van der Waals surface area contributed by atoms with E-state index < -0.39 is 30.2 Å². The summed E-state index contributed by atoms with van der Waals surface area (Å²) in [5, 5.41) is 3.46. The molecule has 2 heterocycles. The molecule has 0 spiro atoms. The van der Waals surface area contributed by atoms with Gasteiger partial charge in [-0.15, -0.1) is 0 Å². The second kappa shape index (κ2) is 10.2. The topological polar surface area (TPSA) is 107 Å². The Kier molecular flexibility index (Phi) is 6.89. The van der Waals surface area contributed by atoms with Crippen molar-refractivity contribution in [1.82, 2.24) is 0 Å². The van der Waals surface area contributed by atoms with Crippen molar-refractivity contribution < 1.29 is 28.2 Å². The number of benzene rings is 2. The maximum absolute atomic E-state index is 12.4. The minimum atomic E-state index is -1.00. The number of fused-ring (bicyclic) bond motifs is 1. The van der Waals surface area contributed by atoms with E-state index in [4.69, 9.17) is 18.6 Å². The SMILES string of the molecule is CC(OC(=O)COc1ccc2ccc(=O)oc2c1)C(=O)Nc1ccc(N2CCOCC2)cc1. The van der Waals surface area contributed by atoms with Gasteiger partial charge in [0.25, 0.3) is 5.91 Å². The normalized spacial score (nSPS) is 14.5. The van der Waals surface area contributed by atoms with E-state index in [2.05, 4.69) is 10.2 Å². The van der Waals surface area contributed by atoms with Crippen molar-refractivity contribution in [2.24, 2.45) is 0 Å². The number of hydrogen-bond donors (Lipinski definition) is 1. The molecule has 0 radical (unpaired) electrons. The molecule has 1 unspecified atom stereocenters. The van der Waals surface area contributed by atoms with Gasteiger partial charge in [0.05, 0.1) is 13.2 Å². The fourth-order valence-corrected chi connectivity index (χ4v) is 3.38. The largest absolute Gasteiger partial charge is 0.482 e. The number of carbonyl (C=O) groups excluding carboxylic acids is 2. The minimum absolute atomic E-state index is 0.339. The number of rotatable bonds is 7. The first-order valence-electron chi connectivity index (χ1n) is 10.6. The van der Waals surface area contributed by atoms with Gasteiger partial charge in [-0.1, -0.05) is 0 Å². The maximum atomic E-state index is 12.4. The van der Waals surface area contributed by atoms with Crippen LogP contribution in [0.4, 0.5) is 11.4 Å². The van der Waals surface area contributed by atoms with E-state index in [-0.39, 0.29) is 0 Å². The summed E-state index contributed by atoms with van der Waals surface area (Å²) in [4.78, 5) is 38.0. The maximum Gasteiger partial charge on any atom is 0.344 e. The predicted octanol–water partition coefficient (Wildman–Crippen LogP) is 2.58. The van der Waals surface area contributed by atoms with Gasteiger partial charge in [-0.05, 0) is 49.4 Å². The van der Waals surface area contributed by atoms with Crippen LogP contribution in [-0.2, 0) is 19.1 Å². The Morgan fingerprint density at radius 2 is 1.79 bits per heavy atom. The summed E-state index contributed by atoms with van der Waals surface area (Å²) in [5.41, 5.74) is 1.53. The van der Waals surface area contributed by atoms with E-state index in [1.807, 2.05) is 12.1 Å². The lowest BCUT2D eigenvalue weighted by Gasteiger charge is -2.28. The highest BCUT2D eigenvalue weighted by molar-refractivity contribution is 5.95. The van der Waals surface area contributed by atoms with Crippen LogP contribution in [0.25, 0.3) is 11.0 Å². The molecule has 1 fully saturated rings. The van der Waals surface area contributed by atoms with E-state index >= 15 is 0 Å². The first kappa shape index (κ1) is 22.3. The van der Waals surface area contributed by atoms with Crippen LogP contribution in [0.15, 0.2) is 63.8 Å². The van der Waals surface area contributed by atoms with E-state index in [1.54, 1.807) is 30.3 Å². The van der Waals surface area contributed by atoms with Crippen LogP contribution < -0.4 is 20.6 Å². The standard InChI is InChI=1S/C24H24N2O7/c1-16(24(29)25-18-4-6-19(7-5-18)26-10-12-30-13-11-26)32-23(28)15-31-20-8-2-17-3-9-22(27)33-21(17)14-20/h2-9,14,16H,10-13,15H2,1H3,(H,25,29). The van der Waals surface area contributed by atoms with Gasteiger partial charge in [0.15, 0.2) is 12.7 Å². The third-order valence-electron chi connectivity index (χ3n) is 5.14. The monoisotopic (exact) mass is 452 g/mol. The van der Waals surface area contributed by atoms with Gasteiger partial charge >= 0.3 is 11.6 Å². The van der Waals surface area contributed by atoms with Gasteiger partial charge in [0, 0.05) is 42.0 Å². The highest BCUT2D eigenvalue weighted by Crippen LogP contribution is 2.20. The molecule has 0 aliphatic carbocycles. The quantitative estimate of drug-likeness (QED) is 0.431. The third kappa shape index (κ3) is 5.89. The van der Waals surface area contributed by atoms with Gasteiger partial charge < -0.3 is 28.8 Å². The fourth-order valence-electron chi connectivity index (χ4n) is 3.38. The Bertz CT molecular complexity index is 1180. The average Bonchev–Trinajstić information content (AvgIpc) is 2.83. The molecule has 1 aromatic heterocycles. The molecule has 9 nitrogen and oxygen atoms in total. The zero-order valence-corrected chi connectivity index (χ0v) is 18.1. The molecule has 1 N–H and O–H groups in total. The Hall–Kier alpha value is -3.85. The van der Waals surface area contributed by atoms with E-state index in [0.717, 1.165) is 24.2 Å². The average molecular weight is 452 g/mol. The van der Waals surface area contributed by atoms with Crippen LogP contribution in [0.5, 0.6) is 5.75 Å². The van der Waals surface area contributed by atoms with Crippen LogP contribution in [0, 0.1) is 0 Å². The summed E-state index contributed by atoms with van der Waals surface area (Å²) in [6.07, 6.45) is -1.00. The minimum Gasteiger partial charge on any atom is -0.482 e. The summed E-state index contributed by atoms with van der Waals surface area (Å²) in [6.45, 7) is 4.14. The van der Waals surface area contributed by atoms with Crippen LogP contribution in [0.3, 0.4) is 0 Å². The number of morpholine rings is 1. The van der Waals surface area contributed by atoms with Gasteiger partial charge in [0.2, 0.25) is 0 Å². The molecule has 172 valence electrons. The lowest BCUT2D eigenvalue weighted by Crippen LogP contribution is -2.36. The van der Waals surface area contributed by atoms with E-state index in [9.17, 15) is 14.4 Å². The van der Waals surface area contributed by atoms with Crippen molar-refractivity contribution >= 4 is 34.2 Å². The number of ether oxygens (including phenoxy) is 3. The number of nitrogens with zero attached hydrogens (tertiary/aromatic N) is 1. The van der Waals surface area contributed by atoms with Crippen molar-refractivity contribution in [3.05, 3.63) is 65.0 Å². The summed E-state index contributed by atoms with van der Waals surface area (Å²) in [6, 6.07) is 15.3. The van der Waals surface area contributed by atoms with Gasteiger partial charge in [0.1, 0.15) is 11.3 Å². The first-order chi connectivity index (χ1) is 16.0. The molecule has 0 bridgehead atoms. The summed E-state index contributed by atoms with van der Waals surface area (Å²) < 4.78 is 21.0. The molecule has 0 saturated carbocycles. The number of anilines is 2. The molecule has 4 rings (SSSR count). The van der Waals surface area contributed by atoms with Gasteiger partial charge in [-0.2, -0.15) is 0 Å². The molecule has 3 aromatic rings. The molecule has 1 saturated heterocycles. The molecule has 1 aliphatic rings. The van der Waals surface area contributed by atoms with Gasteiger partial charge in [-0.25, -0.2) is 9.59 Å². The molecule has 33 heavy (non-hydrogen) atoms. The van der Waals surface area contributed by atoms with Crippen molar-refractivity contribution in [3.63, 3.8) is 0 Å². The molecule has 2 aromatic carbocycles. The van der Waals surface area contributed by atoms with Crippen molar-refractivity contribution in [2.75, 3.05) is 43.1 Å². The predicted molar refractivity (Wildman–Crippen MR) is 122 cm³/mol. The Labute approximate surface area is 189 Å². The smallest absolute Gasteiger partial charge is 0.344 e. The second-order valence-corrected chi connectivity index (χ2v) is 7.51. The summed E-state index contributed by atoms with van der Waals surface area (Å²) in [5.74, 6) is -0.809. The number of amides is 1. The summed E-state index contributed by atoms with van der Waals surface area (Å²) in [7, 11) is 0. The highest BCUT2D eigenvalue weighted by Gasteiger charge is 2.19.